The van der Waals surface area contributed by atoms with E-state index < -0.39 is 4.92 Å². The van der Waals surface area contributed by atoms with Gasteiger partial charge in [-0.3, -0.25) is 14.9 Å². The summed E-state index contributed by atoms with van der Waals surface area (Å²) in [6, 6.07) is 18.8. The molecular formula is C21H17FN2O4. The normalized spacial score (nSPS) is 10.3. The summed E-state index contributed by atoms with van der Waals surface area (Å²) in [6.45, 7) is 0.350. The lowest BCUT2D eigenvalue weighted by atomic mass is 10.1. The topological polar surface area (TPSA) is 81.5 Å². The molecule has 0 bridgehead atoms. The Morgan fingerprint density at radius 1 is 0.893 bits per heavy atom. The second-order valence-corrected chi connectivity index (χ2v) is 6.08. The molecule has 0 aliphatic heterocycles. The predicted molar refractivity (Wildman–Crippen MR) is 102 cm³/mol. The van der Waals surface area contributed by atoms with Gasteiger partial charge in [-0.1, -0.05) is 24.3 Å². The Morgan fingerprint density at radius 2 is 1.43 bits per heavy atom. The van der Waals surface area contributed by atoms with Crippen molar-refractivity contribution in [1.82, 2.24) is 5.32 Å². The molecule has 0 aliphatic rings. The lowest BCUT2D eigenvalue weighted by Crippen LogP contribution is -2.24. The quantitative estimate of drug-likeness (QED) is 0.487. The van der Waals surface area contributed by atoms with Gasteiger partial charge in [-0.2, -0.15) is 0 Å². The lowest BCUT2D eigenvalue weighted by Gasteiger charge is -2.08. The molecule has 3 rings (SSSR count). The molecule has 6 nitrogen and oxygen atoms in total. The zero-order valence-electron chi connectivity index (χ0n) is 14.8. The summed E-state index contributed by atoms with van der Waals surface area (Å²) in [5.41, 5.74) is 1.58. The van der Waals surface area contributed by atoms with Crippen LogP contribution in [0.25, 0.3) is 0 Å². The van der Waals surface area contributed by atoms with Gasteiger partial charge in [-0.15, -0.1) is 0 Å². The maximum Gasteiger partial charge on any atom is 0.269 e. The molecule has 0 saturated carbocycles. The maximum absolute atomic E-state index is 12.9. The summed E-state index contributed by atoms with van der Waals surface area (Å²) >= 11 is 0. The van der Waals surface area contributed by atoms with Crippen molar-refractivity contribution < 1.29 is 18.8 Å². The third kappa shape index (κ3) is 5.38. The highest BCUT2D eigenvalue weighted by atomic mass is 19.1. The molecule has 0 heterocycles. The van der Waals surface area contributed by atoms with Crippen LogP contribution in [-0.2, 0) is 17.8 Å². The van der Waals surface area contributed by atoms with E-state index in [9.17, 15) is 19.3 Å². The van der Waals surface area contributed by atoms with Gasteiger partial charge in [0.25, 0.3) is 5.69 Å². The summed E-state index contributed by atoms with van der Waals surface area (Å²) < 4.78 is 18.5. The van der Waals surface area contributed by atoms with E-state index in [1.54, 1.807) is 36.4 Å². The minimum Gasteiger partial charge on any atom is -0.457 e. The highest BCUT2D eigenvalue weighted by molar-refractivity contribution is 5.78. The highest BCUT2D eigenvalue weighted by Gasteiger charge is 2.07. The number of nitrogens with one attached hydrogen (secondary N) is 1. The molecule has 0 aliphatic carbocycles. The van der Waals surface area contributed by atoms with Crippen LogP contribution >= 0.6 is 0 Å². The van der Waals surface area contributed by atoms with Gasteiger partial charge in [0.2, 0.25) is 5.91 Å². The van der Waals surface area contributed by atoms with E-state index in [0.29, 0.717) is 23.6 Å². The lowest BCUT2D eigenvalue weighted by molar-refractivity contribution is -0.384. The molecule has 0 saturated heterocycles. The molecule has 28 heavy (non-hydrogen) atoms. The Morgan fingerprint density at radius 3 is 2.00 bits per heavy atom. The standard InChI is InChI=1S/C21H17FN2O4/c22-17-5-11-20(12-6-17)28-19-9-3-16(4-10-19)14-23-21(25)13-15-1-7-18(8-2-15)24(26)27/h1-12H,13-14H2,(H,23,25). The van der Waals surface area contributed by atoms with Crippen molar-refractivity contribution in [2.75, 3.05) is 0 Å². The van der Waals surface area contributed by atoms with Crippen molar-refractivity contribution in [3.05, 3.63) is 99.9 Å². The van der Waals surface area contributed by atoms with Gasteiger partial charge in [0, 0.05) is 18.7 Å². The molecule has 0 aromatic heterocycles. The van der Waals surface area contributed by atoms with Gasteiger partial charge in [0.1, 0.15) is 17.3 Å². The molecule has 0 fully saturated rings. The molecule has 3 aromatic carbocycles. The summed E-state index contributed by atoms with van der Waals surface area (Å²) in [4.78, 5) is 22.2. The first kappa shape index (κ1) is 19.0. The molecule has 0 radical (unpaired) electrons. The van der Waals surface area contributed by atoms with Crippen molar-refractivity contribution in [2.24, 2.45) is 0 Å². The number of carbonyl (C=O) groups is 1. The number of hydrogen-bond donors (Lipinski definition) is 1. The van der Waals surface area contributed by atoms with Crippen molar-refractivity contribution in [3.8, 4) is 11.5 Å². The third-order valence-electron chi connectivity index (χ3n) is 3.97. The number of hydrogen-bond acceptors (Lipinski definition) is 4. The van der Waals surface area contributed by atoms with Crippen LogP contribution in [0.5, 0.6) is 11.5 Å². The van der Waals surface area contributed by atoms with Gasteiger partial charge < -0.3 is 10.1 Å². The van der Waals surface area contributed by atoms with Crippen LogP contribution < -0.4 is 10.1 Å². The number of carbonyl (C=O) groups excluding carboxylic acids is 1. The number of non-ortho nitro benzene ring substituents is 1. The van der Waals surface area contributed by atoms with E-state index >= 15 is 0 Å². The van der Waals surface area contributed by atoms with Crippen LogP contribution in [0.15, 0.2) is 72.8 Å². The van der Waals surface area contributed by atoms with Gasteiger partial charge in [0.05, 0.1) is 11.3 Å². The Hall–Kier alpha value is -3.74. The first-order valence-electron chi connectivity index (χ1n) is 8.52. The fourth-order valence-electron chi connectivity index (χ4n) is 2.50. The fourth-order valence-corrected chi connectivity index (χ4v) is 2.50. The van der Waals surface area contributed by atoms with Gasteiger partial charge in [-0.05, 0) is 47.5 Å². The van der Waals surface area contributed by atoms with Gasteiger partial charge >= 0.3 is 0 Å². The molecule has 7 heteroatoms. The minimum atomic E-state index is -0.479. The molecule has 0 atom stereocenters. The maximum atomic E-state index is 12.9. The average Bonchev–Trinajstić information content (AvgIpc) is 2.69. The number of nitrogens with zero attached hydrogens (tertiary/aromatic N) is 1. The van der Waals surface area contributed by atoms with Gasteiger partial charge in [-0.25, -0.2) is 4.39 Å². The molecule has 0 spiro atoms. The first-order valence-corrected chi connectivity index (χ1v) is 8.52. The number of rotatable bonds is 7. The SMILES string of the molecule is O=C(Cc1ccc([N+](=O)[O-])cc1)NCc1ccc(Oc2ccc(F)cc2)cc1. The van der Waals surface area contributed by atoms with Crippen LogP contribution in [-0.4, -0.2) is 10.8 Å². The van der Waals surface area contributed by atoms with E-state index in [4.69, 9.17) is 4.74 Å². The van der Waals surface area contributed by atoms with Crippen LogP contribution in [0, 0.1) is 15.9 Å². The number of halogens is 1. The number of ether oxygens (including phenoxy) is 1. The molecule has 142 valence electrons. The Kier molecular flexibility index (Phi) is 5.96. The van der Waals surface area contributed by atoms with Crippen LogP contribution in [0.2, 0.25) is 0 Å². The zero-order valence-corrected chi connectivity index (χ0v) is 14.8. The highest BCUT2D eigenvalue weighted by Crippen LogP contribution is 2.21. The largest absolute Gasteiger partial charge is 0.457 e. The predicted octanol–water partition coefficient (Wildman–Crippen LogP) is 4.39. The molecule has 1 amide bonds. The van der Waals surface area contributed by atoms with Crippen molar-refractivity contribution >= 4 is 11.6 Å². The number of benzene rings is 3. The van der Waals surface area contributed by atoms with Crippen LogP contribution in [0.3, 0.4) is 0 Å². The van der Waals surface area contributed by atoms with E-state index in [-0.39, 0.29) is 23.8 Å². The van der Waals surface area contributed by atoms with Gasteiger partial charge in [0.15, 0.2) is 0 Å². The third-order valence-corrected chi connectivity index (χ3v) is 3.97. The van der Waals surface area contributed by atoms with E-state index in [0.717, 1.165) is 5.56 Å². The Balaban J connectivity index is 1.49. The molecule has 0 unspecified atom stereocenters. The monoisotopic (exact) mass is 380 g/mol. The molecular weight excluding hydrogens is 363 g/mol. The van der Waals surface area contributed by atoms with E-state index in [1.807, 2.05) is 12.1 Å². The molecule has 1 N–H and O–H groups in total. The fraction of sp³-hybridized carbons (Fsp3) is 0.0952. The number of amides is 1. The van der Waals surface area contributed by atoms with Crippen molar-refractivity contribution in [2.45, 2.75) is 13.0 Å². The number of nitro benzene ring substituents is 1. The summed E-state index contributed by atoms with van der Waals surface area (Å²) in [6.07, 6.45) is 0.143. The average molecular weight is 380 g/mol. The van der Waals surface area contributed by atoms with Crippen molar-refractivity contribution in [3.63, 3.8) is 0 Å². The second kappa shape index (κ2) is 8.77. The summed E-state index contributed by atoms with van der Waals surface area (Å²) in [5, 5.41) is 13.4. The Bertz CT molecular complexity index is 955. The zero-order chi connectivity index (χ0) is 19.9. The van der Waals surface area contributed by atoms with E-state index in [2.05, 4.69) is 5.32 Å². The van der Waals surface area contributed by atoms with E-state index in [1.165, 1.54) is 24.3 Å². The summed E-state index contributed by atoms with van der Waals surface area (Å²) in [5.74, 6) is 0.630. The first-order chi connectivity index (χ1) is 13.5. The smallest absolute Gasteiger partial charge is 0.269 e. The number of nitro groups is 1. The van der Waals surface area contributed by atoms with Crippen molar-refractivity contribution in [1.29, 1.82) is 0 Å². The van der Waals surface area contributed by atoms with Crippen LogP contribution in [0.1, 0.15) is 11.1 Å². The summed E-state index contributed by atoms with van der Waals surface area (Å²) in [7, 11) is 0. The minimum absolute atomic E-state index is 0.00731. The second-order valence-electron chi connectivity index (χ2n) is 6.08. The Labute approximate surface area is 160 Å². The van der Waals surface area contributed by atoms with Crippen LogP contribution in [0.4, 0.5) is 10.1 Å². The molecule has 3 aromatic rings.